The Labute approximate surface area is 168 Å². The van der Waals surface area contributed by atoms with Crippen molar-refractivity contribution in [1.82, 2.24) is 5.16 Å². The average Bonchev–Trinajstić information content (AvgIpc) is 3.08. The molecule has 0 amide bonds. The first-order valence-corrected chi connectivity index (χ1v) is 9.79. The number of carbonyl (C=O) groups is 1. The number of halogens is 1. The number of carbonyl (C=O) groups excluding carboxylic acids is 1. The van der Waals surface area contributed by atoms with Gasteiger partial charge in [0.1, 0.15) is 0 Å². The number of nitrogens with one attached hydrogen (secondary N) is 1. The monoisotopic (exact) mass is 390 g/mol. The maximum atomic E-state index is 13.3. The Kier molecular flexibility index (Phi) is 4.09. The van der Waals surface area contributed by atoms with E-state index in [2.05, 4.69) is 22.6 Å². The minimum atomic E-state index is -0.181. The molecule has 0 bridgehead atoms. The summed E-state index contributed by atoms with van der Waals surface area (Å²) in [6.45, 7) is 1.92. The summed E-state index contributed by atoms with van der Waals surface area (Å²) < 4.78 is 5.55. The Morgan fingerprint density at radius 3 is 2.54 bits per heavy atom. The minimum Gasteiger partial charge on any atom is -0.338 e. The quantitative estimate of drug-likeness (QED) is 0.619. The van der Waals surface area contributed by atoms with Crippen LogP contribution in [0.2, 0.25) is 5.02 Å². The van der Waals surface area contributed by atoms with Gasteiger partial charge in [0.2, 0.25) is 5.88 Å². The summed E-state index contributed by atoms with van der Waals surface area (Å²) in [5.74, 6) is 0.793. The second-order valence-corrected chi connectivity index (χ2v) is 7.89. The van der Waals surface area contributed by atoms with Gasteiger partial charge in [-0.3, -0.25) is 4.79 Å². The number of benzene rings is 2. The van der Waals surface area contributed by atoms with E-state index in [9.17, 15) is 4.79 Å². The number of Topliss-reactive ketones (excluding diaryl/α,β-unsaturated/α-hetero) is 1. The number of allylic oxidation sites excluding steroid dienone is 2. The van der Waals surface area contributed by atoms with Gasteiger partial charge in [0.15, 0.2) is 5.78 Å². The molecule has 2 aromatic carbocycles. The Balaban J connectivity index is 1.63. The maximum Gasteiger partial charge on any atom is 0.233 e. The topological polar surface area (TPSA) is 55.1 Å². The zero-order valence-electron chi connectivity index (χ0n) is 15.4. The third-order valence-corrected chi connectivity index (χ3v) is 5.98. The fourth-order valence-corrected chi connectivity index (χ4v) is 4.55. The number of ketones is 1. The largest absolute Gasteiger partial charge is 0.338 e. The Bertz CT molecular complexity index is 1080. The Hall–Kier alpha value is -2.85. The molecule has 2 atom stereocenters. The van der Waals surface area contributed by atoms with E-state index >= 15 is 0 Å². The normalized spacial score (nSPS) is 21.1. The molecule has 2 heterocycles. The molecule has 5 heteroatoms. The molecule has 0 saturated heterocycles. The van der Waals surface area contributed by atoms with Crippen LogP contribution >= 0.6 is 11.6 Å². The van der Waals surface area contributed by atoms with E-state index < -0.39 is 0 Å². The van der Waals surface area contributed by atoms with Crippen LogP contribution < -0.4 is 5.32 Å². The molecule has 2 unspecified atom stereocenters. The minimum absolute atomic E-state index is 0.163. The van der Waals surface area contributed by atoms with Crippen molar-refractivity contribution in [3.05, 3.63) is 93.3 Å². The molecule has 1 aliphatic carbocycles. The first-order valence-electron chi connectivity index (χ1n) is 9.41. The molecule has 2 aliphatic rings. The number of nitrogens with zero attached hydrogens (tertiary/aromatic N) is 1. The Morgan fingerprint density at radius 1 is 1.04 bits per heavy atom. The molecular formula is C23H19ClN2O2. The summed E-state index contributed by atoms with van der Waals surface area (Å²) in [5.41, 5.74) is 5.71. The zero-order chi connectivity index (χ0) is 19.3. The summed E-state index contributed by atoms with van der Waals surface area (Å²) in [6, 6.07) is 17.9. The van der Waals surface area contributed by atoms with Crippen LogP contribution in [-0.4, -0.2) is 10.9 Å². The summed E-state index contributed by atoms with van der Waals surface area (Å²) in [4.78, 5) is 13.3. The third-order valence-electron chi connectivity index (χ3n) is 5.73. The Morgan fingerprint density at radius 2 is 1.79 bits per heavy atom. The van der Waals surface area contributed by atoms with Gasteiger partial charge in [0.25, 0.3) is 0 Å². The molecule has 5 rings (SSSR count). The van der Waals surface area contributed by atoms with Crippen LogP contribution in [0.3, 0.4) is 0 Å². The lowest BCUT2D eigenvalue weighted by Crippen LogP contribution is -2.29. The number of fused-ring (bicyclic) bond motifs is 1. The molecule has 140 valence electrons. The zero-order valence-corrected chi connectivity index (χ0v) is 16.2. The predicted octanol–water partition coefficient (Wildman–Crippen LogP) is 5.59. The van der Waals surface area contributed by atoms with Gasteiger partial charge in [-0.2, -0.15) is 0 Å². The lowest BCUT2D eigenvalue weighted by atomic mass is 9.72. The van der Waals surface area contributed by atoms with Crippen LogP contribution in [-0.2, 0) is 4.79 Å². The van der Waals surface area contributed by atoms with Gasteiger partial charge < -0.3 is 9.84 Å². The van der Waals surface area contributed by atoms with E-state index in [1.807, 2.05) is 49.4 Å². The molecule has 28 heavy (non-hydrogen) atoms. The third kappa shape index (κ3) is 2.76. The molecule has 0 spiro atoms. The lowest BCUT2D eigenvalue weighted by Gasteiger charge is -2.34. The SMILES string of the molecule is Cc1noc2c1C(c1ccc(Cl)cc1)C1=C(CC(c3ccccc3)CC1=O)N2. The lowest BCUT2D eigenvalue weighted by molar-refractivity contribution is -0.116. The fraction of sp³-hybridized carbons (Fsp3) is 0.217. The number of rotatable bonds is 2. The van der Waals surface area contributed by atoms with E-state index in [0.29, 0.717) is 17.3 Å². The van der Waals surface area contributed by atoms with E-state index in [-0.39, 0.29) is 17.6 Å². The standard InChI is InChI=1S/C23H19ClN2O2/c1-13-20-21(15-7-9-17(24)10-8-15)22-18(25-23(20)28-26-13)11-16(12-19(22)27)14-5-3-2-4-6-14/h2-10,16,21,25H,11-12H2,1H3. The van der Waals surface area contributed by atoms with Crippen LogP contribution in [0.4, 0.5) is 5.88 Å². The second-order valence-electron chi connectivity index (χ2n) is 7.45. The van der Waals surface area contributed by atoms with Crippen molar-refractivity contribution >= 4 is 23.3 Å². The van der Waals surface area contributed by atoms with Crippen LogP contribution in [0.1, 0.15) is 47.1 Å². The summed E-state index contributed by atoms with van der Waals surface area (Å²) in [7, 11) is 0. The van der Waals surface area contributed by atoms with Gasteiger partial charge in [-0.1, -0.05) is 59.2 Å². The second kappa shape index (κ2) is 6.64. The van der Waals surface area contributed by atoms with E-state index in [1.54, 1.807) is 0 Å². The van der Waals surface area contributed by atoms with Gasteiger partial charge in [-0.05, 0) is 42.5 Å². The molecule has 0 fully saturated rings. The number of aryl methyl sites for hydroxylation is 1. The van der Waals surface area contributed by atoms with E-state index in [0.717, 1.165) is 34.5 Å². The number of hydrogen-bond acceptors (Lipinski definition) is 4. The van der Waals surface area contributed by atoms with Crippen molar-refractivity contribution < 1.29 is 9.32 Å². The molecule has 0 radical (unpaired) electrons. The highest BCUT2D eigenvalue weighted by Crippen LogP contribution is 2.49. The van der Waals surface area contributed by atoms with Crippen LogP contribution in [0.15, 0.2) is 70.4 Å². The average molecular weight is 391 g/mol. The number of anilines is 1. The molecule has 3 aromatic rings. The molecule has 1 aliphatic heterocycles. The van der Waals surface area contributed by atoms with Gasteiger partial charge in [-0.15, -0.1) is 0 Å². The fourth-order valence-electron chi connectivity index (χ4n) is 4.42. The van der Waals surface area contributed by atoms with Gasteiger partial charge >= 0.3 is 0 Å². The van der Waals surface area contributed by atoms with Crippen LogP contribution in [0.5, 0.6) is 0 Å². The van der Waals surface area contributed by atoms with Crippen LogP contribution in [0.25, 0.3) is 0 Å². The van der Waals surface area contributed by atoms with Crippen molar-refractivity contribution in [2.45, 2.75) is 31.6 Å². The van der Waals surface area contributed by atoms with Crippen LogP contribution in [0, 0.1) is 6.92 Å². The summed E-state index contributed by atoms with van der Waals surface area (Å²) in [5, 5.41) is 8.19. The van der Waals surface area contributed by atoms with Gasteiger partial charge in [-0.25, -0.2) is 0 Å². The van der Waals surface area contributed by atoms with Crippen molar-refractivity contribution in [2.24, 2.45) is 0 Å². The predicted molar refractivity (Wildman–Crippen MR) is 109 cm³/mol. The van der Waals surface area contributed by atoms with Gasteiger partial charge in [0, 0.05) is 28.6 Å². The van der Waals surface area contributed by atoms with Crippen molar-refractivity contribution in [3.8, 4) is 0 Å². The number of hydrogen-bond donors (Lipinski definition) is 1. The molecular weight excluding hydrogens is 372 g/mol. The van der Waals surface area contributed by atoms with Crippen molar-refractivity contribution in [2.75, 3.05) is 5.32 Å². The van der Waals surface area contributed by atoms with Crippen molar-refractivity contribution in [1.29, 1.82) is 0 Å². The first kappa shape index (κ1) is 17.3. The highest BCUT2D eigenvalue weighted by molar-refractivity contribution is 6.30. The molecule has 0 saturated carbocycles. The first-order chi connectivity index (χ1) is 13.6. The molecule has 4 nitrogen and oxygen atoms in total. The van der Waals surface area contributed by atoms with E-state index in [4.69, 9.17) is 16.1 Å². The highest BCUT2D eigenvalue weighted by Gasteiger charge is 2.41. The van der Waals surface area contributed by atoms with Gasteiger partial charge in [0.05, 0.1) is 11.3 Å². The summed E-state index contributed by atoms with van der Waals surface area (Å²) >= 11 is 6.09. The maximum absolute atomic E-state index is 13.3. The van der Waals surface area contributed by atoms with E-state index in [1.165, 1.54) is 5.56 Å². The molecule has 1 N–H and O–H groups in total. The van der Waals surface area contributed by atoms with Crippen molar-refractivity contribution in [3.63, 3.8) is 0 Å². The number of aromatic nitrogens is 1. The summed E-state index contributed by atoms with van der Waals surface area (Å²) in [6.07, 6.45) is 1.28. The molecule has 1 aromatic heterocycles. The highest BCUT2D eigenvalue weighted by atomic mass is 35.5. The smallest absolute Gasteiger partial charge is 0.233 e.